The van der Waals surface area contributed by atoms with Gasteiger partial charge in [-0.2, -0.15) is 0 Å². The van der Waals surface area contributed by atoms with Crippen molar-refractivity contribution in [2.45, 2.75) is 25.9 Å². The van der Waals surface area contributed by atoms with Gasteiger partial charge in [-0.15, -0.1) is 0 Å². The molecule has 0 radical (unpaired) electrons. The Bertz CT molecular complexity index is 3870. The largest absolute Gasteiger partial charge is 0.491 e. The van der Waals surface area contributed by atoms with E-state index in [1.54, 1.807) is 76.5 Å². The van der Waals surface area contributed by atoms with Crippen LogP contribution in [0.15, 0.2) is 104 Å². The van der Waals surface area contributed by atoms with Crippen molar-refractivity contribution >= 4 is 82.0 Å². The molecule has 36 nitrogen and oxygen atoms in total. The normalized spacial score (nSPS) is 11.0. The summed E-state index contributed by atoms with van der Waals surface area (Å²) in [6.45, 7) is 7.05. The maximum absolute atomic E-state index is 13.3. The fourth-order valence-corrected chi connectivity index (χ4v) is 9.41. The number of aryl methyl sites for hydroxylation is 5. The molecule has 0 atom stereocenters. The average Bonchev–Trinajstić information content (AvgIpc) is 1.71. The Morgan fingerprint density at radius 2 is 0.798 bits per heavy atom. The third kappa shape index (κ3) is 29.2. The van der Waals surface area contributed by atoms with Crippen LogP contribution in [0, 0.1) is 0 Å². The Morgan fingerprint density at radius 1 is 0.375 bits per heavy atom. The summed E-state index contributed by atoms with van der Waals surface area (Å²) < 4.78 is 62.5. The van der Waals surface area contributed by atoms with Gasteiger partial charge >= 0.3 is 6.09 Å². The van der Waals surface area contributed by atoms with Crippen LogP contribution in [0.1, 0.15) is 77.7 Å². The van der Waals surface area contributed by atoms with Gasteiger partial charge in [-0.1, -0.05) is 30.3 Å². The van der Waals surface area contributed by atoms with Crippen molar-refractivity contribution in [3.63, 3.8) is 0 Å². The third-order valence-corrected chi connectivity index (χ3v) is 14.6. The predicted molar refractivity (Wildman–Crippen MR) is 376 cm³/mol. The molecule has 0 aliphatic heterocycles. The molecule has 7 rings (SSSR count). The lowest BCUT2D eigenvalue weighted by Crippen LogP contribution is -2.33. The van der Waals surface area contributed by atoms with Crippen LogP contribution < -0.4 is 52.6 Å². The highest BCUT2D eigenvalue weighted by Crippen LogP contribution is 2.19. The summed E-state index contributed by atoms with van der Waals surface area (Å²) in [4.78, 5) is 127. The number of amides is 9. The summed E-state index contributed by atoms with van der Waals surface area (Å²) in [5.41, 5.74) is 2.56. The number of nitrogens with one attached hydrogen (secondary N) is 9. The average molecular weight is 1450 g/mol. The second-order valence-electron chi connectivity index (χ2n) is 22.8. The number of carbonyl (C=O) groups is 9. The van der Waals surface area contributed by atoms with E-state index in [0.29, 0.717) is 123 Å². The Balaban J connectivity index is 0.608. The highest BCUT2D eigenvalue weighted by Gasteiger charge is 2.22. The fraction of sp³-hybridized carbons (Fsp3) is 0.441. The molecule has 0 unspecified atom stereocenters. The first-order valence-corrected chi connectivity index (χ1v) is 33.4. The van der Waals surface area contributed by atoms with Gasteiger partial charge in [-0.05, 0) is 42.0 Å². The lowest BCUT2D eigenvalue weighted by Gasteiger charge is -2.10. The van der Waals surface area contributed by atoms with Crippen molar-refractivity contribution in [1.82, 2.24) is 59.1 Å². The number of hydrogen-bond acceptors (Lipinski definition) is 22. The molecule has 0 spiro atoms. The first kappa shape index (κ1) is 80.5. The number of nitrogens with zero attached hydrogens (tertiary/aromatic N) is 8. The van der Waals surface area contributed by atoms with Crippen LogP contribution >= 0.6 is 0 Å². The lowest BCUT2D eigenvalue weighted by molar-refractivity contribution is -0.121. The molecule has 2 aromatic carbocycles. The van der Waals surface area contributed by atoms with Crippen LogP contribution in [-0.2, 0) is 98.9 Å². The van der Waals surface area contributed by atoms with Gasteiger partial charge in [0.2, 0.25) is 29.4 Å². The van der Waals surface area contributed by atoms with Gasteiger partial charge in [-0.3, -0.25) is 43.7 Å². The van der Waals surface area contributed by atoms with Gasteiger partial charge < -0.3 is 113 Å². The molecule has 0 saturated heterocycles. The molecule has 0 bridgehead atoms. The predicted octanol–water partition coefficient (Wildman–Crippen LogP) is 2.78. The molecular formula is C68H91N17O19. The summed E-state index contributed by atoms with van der Waals surface area (Å²) in [5, 5.41) is 24.0. The van der Waals surface area contributed by atoms with E-state index >= 15 is 0 Å². The number of benzene rings is 2. The van der Waals surface area contributed by atoms with E-state index in [1.165, 1.54) is 55.2 Å². The van der Waals surface area contributed by atoms with E-state index in [1.807, 2.05) is 30.3 Å². The van der Waals surface area contributed by atoms with E-state index in [2.05, 4.69) is 62.8 Å². The topological polar surface area (TPSA) is 418 Å². The number of hydrogen-bond donors (Lipinski definition) is 9. The molecule has 104 heavy (non-hydrogen) atoms. The minimum absolute atomic E-state index is 0.00242. The van der Waals surface area contributed by atoms with Gasteiger partial charge in [0.15, 0.2) is 17.5 Å². The van der Waals surface area contributed by atoms with Gasteiger partial charge in [0, 0.05) is 124 Å². The van der Waals surface area contributed by atoms with Crippen LogP contribution in [0.4, 0.5) is 33.5 Å². The zero-order valence-electron chi connectivity index (χ0n) is 58.8. The van der Waals surface area contributed by atoms with Crippen LogP contribution in [0.25, 0.3) is 0 Å². The van der Waals surface area contributed by atoms with Crippen LogP contribution in [0.3, 0.4) is 0 Å². The summed E-state index contributed by atoms with van der Waals surface area (Å²) in [7, 11) is 8.04. The molecule has 5 aromatic heterocycles. The quantitative estimate of drug-likeness (QED) is 0.0248. The monoisotopic (exact) mass is 1450 g/mol. The van der Waals surface area contributed by atoms with Crippen LogP contribution in [-0.4, -0.2) is 230 Å². The lowest BCUT2D eigenvalue weighted by atomic mass is 10.2. The van der Waals surface area contributed by atoms with Crippen LogP contribution in [0.5, 0.6) is 5.75 Å². The third-order valence-electron chi connectivity index (χ3n) is 14.6. The Labute approximate surface area is 599 Å². The first-order chi connectivity index (χ1) is 50.4. The van der Waals surface area contributed by atoms with Crippen molar-refractivity contribution in [2.75, 3.05) is 165 Å². The van der Waals surface area contributed by atoms with Crippen molar-refractivity contribution in [1.29, 1.82) is 0 Å². The maximum Gasteiger partial charge on any atom is 0.411 e. The Hall–Kier alpha value is -10.9. The zero-order chi connectivity index (χ0) is 74.3. The molecule has 0 aliphatic carbocycles. The van der Waals surface area contributed by atoms with E-state index < -0.39 is 47.4 Å². The van der Waals surface area contributed by atoms with Crippen molar-refractivity contribution in [2.24, 2.45) is 35.2 Å². The smallest absolute Gasteiger partial charge is 0.411 e. The summed E-state index contributed by atoms with van der Waals surface area (Å²) in [5.74, 6) is -2.98. The van der Waals surface area contributed by atoms with E-state index in [0.717, 1.165) is 5.56 Å². The van der Waals surface area contributed by atoms with E-state index in [4.69, 9.17) is 47.4 Å². The molecule has 5 heterocycles. The highest BCUT2D eigenvalue weighted by molar-refractivity contribution is 6.05. The molecule has 0 saturated carbocycles. The molecule has 562 valence electrons. The van der Waals surface area contributed by atoms with Gasteiger partial charge in [0.25, 0.3) is 29.5 Å². The van der Waals surface area contributed by atoms with Gasteiger partial charge in [0.05, 0.1) is 117 Å². The zero-order valence-corrected chi connectivity index (χ0v) is 58.8. The first-order valence-electron chi connectivity index (χ1n) is 33.4. The number of imidazole rings is 3. The number of anilines is 5. The Morgan fingerprint density at radius 3 is 1.26 bits per heavy atom. The van der Waals surface area contributed by atoms with E-state index in [-0.39, 0.29) is 111 Å². The molecule has 9 amide bonds. The summed E-state index contributed by atoms with van der Waals surface area (Å²) in [6, 6.07) is 19.4. The minimum Gasteiger partial charge on any atom is -0.491 e. The standard InChI is InChI=1S/C68H91N17O19/c1-81-23-21-70-60(81)66(92)74-50-41-53(82(2)43-50)63(89)71-20-17-59(88)78-56-46-85(5)62(80-56)67(93)75-51-42-54(83(3)44-51)64(90)72-19-16-58(87)77-55-45-84(4)61(79-55)65(91)73-18-15-57(86)69-22-24-95-25-26-96-27-28-97-29-30-98-31-32-99-33-34-100-35-36-101-37-38-102-39-40-103-52-13-11-49(12-14-52)76-68(94)104-47-48-9-7-6-8-10-48/h6-14,21,23,41-46H,15-20,22,24-40,47H2,1-5H3,(H,69,86)(H,71,89)(H,72,90)(H,73,91)(H,74,92)(H,75,93)(H,76,94)(H,77,87)(H,78,88). The van der Waals surface area contributed by atoms with E-state index in [9.17, 15) is 43.2 Å². The molecule has 0 aliphatic rings. The van der Waals surface area contributed by atoms with Gasteiger partial charge in [-0.25, -0.2) is 19.7 Å². The van der Waals surface area contributed by atoms with Crippen LogP contribution in [0.2, 0.25) is 0 Å². The Kier molecular flexibility index (Phi) is 34.4. The summed E-state index contributed by atoms with van der Waals surface area (Å²) >= 11 is 0. The molecule has 36 heteroatoms. The highest BCUT2D eigenvalue weighted by atomic mass is 16.6. The number of rotatable bonds is 49. The minimum atomic E-state index is -0.639. The number of carbonyl (C=O) groups excluding carboxylic acids is 9. The molecular weight excluding hydrogens is 1360 g/mol. The summed E-state index contributed by atoms with van der Waals surface area (Å²) in [6.07, 6.45) is 8.29. The van der Waals surface area contributed by atoms with Crippen molar-refractivity contribution in [3.05, 3.63) is 138 Å². The number of ether oxygens (including phenoxy) is 10. The van der Waals surface area contributed by atoms with Gasteiger partial charge in [0.1, 0.15) is 30.4 Å². The molecule has 9 N–H and O–H groups in total. The SMILES string of the molecule is Cn1cc(NC(=O)c2nc(NC(=O)CCNC(=O)c3cc(NC(=O)c4nccn4C)cn3C)cn2C)cc1C(=O)NCCC(=O)Nc1cn(C)c(C(=O)NCCC(=O)NCCOCCOCCOCCOCCOCCOCCOCCOCCOc2ccc(NC(=O)OCc3ccccc3)cc2)n1. The second-order valence-corrected chi connectivity index (χ2v) is 22.8. The molecule has 7 aromatic rings. The number of aromatic nitrogens is 8. The van der Waals surface area contributed by atoms with Crippen molar-refractivity contribution in [3.8, 4) is 5.75 Å². The van der Waals surface area contributed by atoms with Crippen molar-refractivity contribution < 1.29 is 90.5 Å². The fourth-order valence-electron chi connectivity index (χ4n) is 9.41. The maximum atomic E-state index is 13.3. The second kappa shape index (κ2) is 44.5. The molecule has 0 fully saturated rings.